The number of ether oxygens (including phenoxy) is 1. The predicted octanol–water partition coefficient (Wildman–Crippen LogP) is 4.12. The van der Waals surface area contributed by atoms with Gasteiger partial charge in [-0.2, -0.15) is 0 Å². The molecule has 9 heteroatoms. The summed E-state index contributed by atoms with van der Waals surface area (Å²) in [7, 11) is -3.17. The van der Waals surface area contributed by atoms with Gasteiger partial charge in [-0.15, -0.1) is 0 Å². The Hall–Kier alpha value is -1.70. The zero-order valence-electron chi connectivity index (χ0n) is 15.6. The number of amides is 1. The molecule has 0 saturated carbocycles. The van der Waals surface area contributed by atoms with Gasteiger partial charge in [0.1, 0.15) is 11.5 Å². The normalized spacial score (nSPS) is 18.2. The molecule has 0 bridgehead atoms. The third-order valence-electron chi connectivity index (χ3n) is 4.57. The Labute approximate surface area is 174 Å². The standard InChI is InChI=1S/C19H21Cl2NO5S/c1-3-26-18-16(20)8-13(9-17(18)21)19(23)22(10-15-5-4-12(2)27-15)14-6-7-28(24,25)11-14/h4-5,8-9,14H,3,6-7,10-11H2,1-2H3. The third kappa shape index (κ3) is 4.64. The van der Waals surface area contributed by atoms with Crippen molar-refractivity contribution in [2.45, 2.75) is 32.9 Å². The van der Waals surface area contributed by atoms with Gasteiger partial charge in [-0.3, -0.25) is 4.79 Å². The number of aryl methyl sites for hydroxylation is 1. The summed E-state index contributed by atoms with van der Waals surface area (Å²) in [6, 6.07) is 6.12. The van der Waals surface area contributed by atoms with E-state index >= 15 is 0 Å². The summed E-state index contributed by atoms with van der Waals surface area (Å²) >= 11 is 12.5. The molecule has 1 atom stereocenters. The molecule has 1 amide bonds. The maximum absolute atomic E-state index is 13.3. The van der Waals surface area contributed by atoms with Crippen LogP contribution in [-0.2, 0) is 16.4 Å². The number of carbonyl (C=O) groups excluding carboxylic acids is 1. The minimum atomic E-state index is -3.17. The fourth-order valence-electron chi connectivity index (χ4n) is 3.26. The number of rotatable bonds is 6. The number of halogens is 2. The number of nitrogens with zero attached hydrogens (tertiary/aromatic N) is 1. The fourth-order valence-corrected chi connectivity index (χ4v) is 5.58. The highest BCUT2D eigenvalue weighted by Gasteiger charge is 2.36. The van der Waals surface area contributed by atoms with Gasteiger partial charge in [0.2, 0.25) is 0 Å². The van der Waals surface area contributed by atoms with E-state index in [0.717, 1.165) is 0 Å². The van der Waals surface area contributed by atoms with Gasteiger partial charge in [-0.1, -0.05) is 23.2 Å². The highest BCUT2D eigenvalue weighted by Crippen LogP contribution is 2.35. The molecule has 1 aliphatic heterocycles. The van der Waals surface area contributed by atoms with E-state index in [0.29, 0.717) is 30.3 Å². The van der Waals surface area contributed by atoms with E-state index in [1.54, 1.807) is 19.1 Å². The van der Waals surface area contributed by atoms with Crippen molar-refractivity contribution in [3.63, 3.8) is 0 Å². The van der Waals surface area contributed by atoms with Crippen molar-refractivity contribution in [1.82, 2.24) is 4.90 Å². The van der Waals surface area contributed by atoms with Crippen molar-refractivity contribution in [3.05, 3.63) is 51.4 Å². The molecule has 3 rings (SSSR count). The quantitative estimate of drug-likeness (QED) is 0.667. The third-order valence-corrected chi connectivity index (χ3v) is 6.88. The Morgan fingerprint density at radius 3 is 2.46 bits per heavy atom. The number of carbonyl (C=O) groups is 1. The lowest BCUT2D eigenvalue weighted by Gasteiger charge is -2.28. The Morgan fingerprint density at radius 2 is 1.96 bits per heavy atom. The molecular weight excluding hydrogens is 425 g/mol. The largest absolute Gasteiger partial charge is 0.491 e. The molecule has 2 heterocycles. The minimum Gasteiger partial charge on any atom is -0.491 e. The van der Waals surface area contributed by atoms with Gasteiger partial charge >= 0.3 is 0 Å². The number of benzene rings is 1. The summed E-state index contributed by atoms with van der Waals surface area (Å²) in [6.07, 6.45) is 0.381. The fraction of sp³-hybridized carbons (Fsp3) is 0.421. The first-order chi connectivity index (χ1) is 13.2. The predicted molar refractivity (Wildman–Crippen MR) is 108 cm³/mol. The summed E-state index contributed by atoms with van der Waals surface area (Å²) in [5, 5.41) is 0.455. The highest BCUT2D eigenvalue weighted by atomic mass is 35.5. The summed E-state index contributed by atoms with van der Waals surface area (Å²) < 4.78 is 34.9. The molecule has 0 aliphatic carbocycles. The molecule has 6 nitrogen and oxygen atoms in total. The monoisotopic (exact) mass is 445 g/mol. The van der Waals surface area contributed by atoms with Crippen LogP contribution in [0.15, 0.2) is 28.7 Å². The van der Waals surface area contributed by atoms with Crippen LogP contribution in [0.1, 0.15) is 35.2 Å². The molecule has 28 heavy (non-hydrogen) atoms. The Morgan fingerprint density at radius 1 is 1.29 bits per heavy atom. The van der Waals surface area contributed by atoms with Gasteiger partial charge in [0.25, 0.3) is 5.91 Å². The molecular formula is C19H21Cl2NO5S. The van der Waals surface area contributed by atoms with Crippen LogP contribution in [-0.4, -0.2) is 43.4 Å². The van der Waals surface area contributed by atoms with Crippen LogP contribution in [0.5, 0.6) is 5.75 Å². The van der Waals surface area contributed by atoms with Crippen LogP contribution < -0.4 is 4.74 Å². The smallest absolute Gasteiger partial charge is 0.254 e. The molecule has 1 saturated heterocycles. The average Bonchev–Trinajstić information content (AvgIpc) is 3.20. The molecule has 1 aromatic carbocycles. The maximum Gasteiger partial charge on any atom is 0.254 e. The number of hydrogen-bond donors (Lipinski definition) is 0. The van der Waals surface area contributed by atoms with E-state index < -0.39 is 15.9 Å². The molecule has 0 spiro atoms. The highest BCUT2D eigenvalue weighted by molar-refractivity contribution is 7.91. The first-order valence-corrected chi connectivity index (χ1v) is 11.5. The zero-order chi connectivity index (χ0) is 20.5. The summed E-state index contributed by atoms with van der Waals surface area (Å²) in [6.45, 7) is 4.16. The lowest BCUT2D eigenvalue weighted by molar-refractivity contribution is 0.0665. The van der Waals surface area contributed by atoms with Gasteiger partial charge in [-0.25, -0.2) is 8.42 Å². The van der Waals surface area contributed by atoms with Crippen molar-refractivity contribution in [2.24, 2.45) is 0 Å². The van der Waals surface area contributed by atoms with Gasteiger partial charge in [0.05, 0.1) is 34.7 Å². The molecule has 0 N–H and O–H groups in total. The average molecular weight is 446 g/mol. The van der Waals surface area contributed by atoms with E-state index in [9.17, 15) is 13.2 Å². The van der Waals surface area contributed by atoms with Crippen LogP contribution in [0.25, 0.3) is 0 Å². The first-order valence-electron chi connectivity index (χ1n) is 8.88. The topological polar surface area (TPSA) is 76.8 Å². The van der Waals surface area contributed by atoms with Gasteiger partial charge in [0, 0.05) is 11.6 Å². The lowest BCUT2D eigenvalue weighted by Crippen LogP contribution is -2.40. The second-order valence-electron chi connectivity index (χ2n) is 6.70. The lowest BCUT2D eigenvalue weighted by atomic mass is 10.1. The van der Waals surface area contributed by atoms with Gasteiger partial charge in [-0.05, 0) is 44.5 Å². The molecule has 1 aromatic heterocycles. The van der Waals surface area contributed by atoms with Crippen LogP contribution in [0.4, 0.5) is 0 Å². The van der Waals surface area contributed by atoms with Gasteiger partial charge in [0.15, 0.2) is 15.6 Å². The van der Waals surface area contributed by atoms with Crippen molar-refractivity contribution >= 4 is 38.9 Å². The van der Waals surface area contributed by atoms with E-state index in [4.69, 9.17) is 32.4 Å². The van der Waals surface area contributed by atoms with Gasteiger partial charge < -0.3 is 14.1 Å². The Balaban J connectivity index is 1.94. The summed E-state index contributed by atoms with van der Waals surface area (Å²) in [4.78, 5) is 14.8. The van der Waals surface area contributed by atoms with E-state index in [1.165, 1.54) is 17.0 Å². The molecule has 152 valence electrons. The van der Waals surface area contributed by atoms with Crippen LogP contribution >= 0.6 is 23.2 Å². The van der Waals surface area contributed by atoms with Crippen molar-refractivity contribution < 1.29 is 22.4 Å². The molecule has 0 radical (unpaired) electrons. The summed E-state index contributed by atoms with van der Waals surface area (Å²) in [5.41, 5.74) is 0.269. The van der Waals surface area contributed by atoms with Crippen molar-refractivity contribution in [1.29, 1.82) is 0 Å². The van der Waals surface area contributed by atoms with E-state index in [-0.39, 0.29) is 39.6 Å². The summed E-state index contributed by atoms with van der Waals surface area (Å²) in [5.74, 6) is 1.24. The number of hydrogen-bond acceptors (Lipinski definition) is 5. The van der Waals surface area contributed by atoms with Crippen molar-refractivity contribution in [2.75, 3.05) is 18.1 Å². The number of furan rings is 1. The Bertz CT molecular complexity index is 963. The van der Waals surface area contributed by atoms with E-state index in [2.05, 4.69) is 0 Å². The molecule has 1 fully saturated rings. The SMILES string of the molecule is CCOc1c(Cl)cc(C(=O)N(Cc2ccc(C)o2)C2CCS(=O)(=O)C2)cc1Cl. The van der Waals surface area contributed by atoms with Crippen LogP contribution in [0.3, 0.4) is 0 Å². The zero-order valence-corrected chi connectivity index (χ0v) is 17.9. The number of sulfone groups is 1. The molecule has 2 aromatic rings. The van der Waals surface area contributed by atoms with Crippen molar-refractivity contribution in [3.8, 4) is 5.75 Å². The Kier molecular flexibility index (Phi) is 6.27. The first kappa shape index (κ1) is 21.0. The molecule has 1 unspecified atom stereocenters. The maximum atomic E-state index is 13.3. The second-order valence-corrected chi connectivity index (χ2v) is 9.75. The van der Waals surface area contributed by atoms with Crippen LogP contribution in [0, 0.1) is 6.92 Å². The van der Waals surface area contributed by atoms with E-state index in [1.807, 2.05) is 6.92 Å². The minimum absolute atomic E-state index is 0.0589. The second kappa shape index (κ2) is 8.35. The molecule has 1 aliphatic rings. The van der Waals surface area contributed by atoms with Crippen LogP contribution in [0.2, 0.25) is 10.0 Å².